The van der Waals surface area contributed by atoms with Crippen molar-refractivity contribution in [3.05, 3.63) is 0 Å². The molecule has 2 saturated carbocycles. The summed E-state index contributed by atoms with van der Waals surface area (Å²) in [6.45, 7) is 3.25. The molecule has 2 rings (SSSR count). The van der Waals surface area contributed by atoms with Crippen LogP contribution in [0.5, 0.6) is 0 Å². The lowest BCUT2D eigenvalue weighted by Crippen LogP contribution is -2.49. The van der Waals surface area contributed by atoms with Gasteiger partial charge >= 0.3 is 5.97 Å². The third-order valence-electron chi connectivity index (χ3n) is 4.85. The molecule has 3 nitrogen and oxygen atoms in total. The number of carbonyl (C=O) groups is 1. The zero-order valence-electron chi connectivity index (χ0n) is 11.0. The summed E-state index contributed by atoms with van der Waals surface area (Å²) in [5, 5.41) is 10.7. The largest absolute Gasteiger partial charge is 0.469 e. The minimum Gasteiger partial charge on any atom is -0.469 e. The molecule has 0 bridgehead atoms. The number of ether oxygens (including phenoxy) is 1. The number of carbonyl (C=O) groups excluding carboxylic acids is 1. The molecule has 2 aliphatic rings. The van der Waals surface area contributed by atoms with Crippen LogP contribution < -0.4 is 0 Å². The van der Waals surface area contributed by atoms with E-state index in [9.17, 15) is 18.7 Å². The summed E-state index contributed by atoms with van der Waals surface area (Å²) >= 11 is 0. The maximum atomic E-state index is 13.3. The van der Waals surface area contributed by atoms with Crippen LogP contribution in [0.2, 0.25) is 0 Å². The van der Waals surface area contributed by atoms with Gasteiger partial charge in [-0.15, -0.1) is 0 Å². The molecule has 0 saturated heterocycles. The fourth-order valence-corrected chi connectivity index (χ4v) is 3.57. The van der Waals surface area contributed by atoms with Crippen LogP contribution in [0.4, 0.5) is 8.78 Å². The predicted molar refractivity (Wildman–Crippen MR) is 61.1 cm³/mol. The summed E-state index contributed by atoms with van der Waals surface area (Å²) in [7, 11) is 1.28. The van der Waals surface area contributed by atoms with Gasteiger partial charge in [-0.1, -0.05) is 0 Å². The number of halogens is 2. The fraction of sp³-hybridized carbons (Fsp3) is 0.923. The number of esters is 1. The zero-order chi connectivity index (χ0) is 13.8. The van der Waals surface area contributed by atoms with Crippen molar-refractivity contribution in [1.29, 1.82) is 0 Å². The Labute approximate surface area is 106 Å². The fourth-order valence-electron chi connectivity index (χ4n) is 3.57. The maximum Gasteiger partial charge on any atom is 0.314 e. The van der Waals surface area contributed by atoms with Gasteiger partial charge in [0.05, 0.1) is 18.1 Å². The van der Waals surface area contributed by atoms with Gasteiger partial charge in [0, 0.05) is 12.8 Å². The molecule has 0 amide bonds. The van der Waals surface area contributed by atoms with E-state index in [2.05, 4.69) is 0 Å². The lowest BCUT2D eigenvalue weighted by molar-refractivity contribution is -0.169. The van der Waals surface area contributed by atoms with Crippen molar-refractivity contribution in [3.63, 3.8) is 0 Å². The summed E-state index contributed by atoms with van der Waals surface area (Å²) in [6.07, 6.45) is 0.180. The first-order chi connectivity index (χ1) is 8.11. The molecule has 0 spiro atoms. The molecule has 2 aliphatic carbocycles. The monoisotopic (exact) mass is 262 g/mol. The van der Waals surface area contributed by atoms with E-state index >= 15 is 0 Å². The normalized spacial score (nSPS) is 38.6. The lowest BCUT2D eigenvalue weighted by Gasteiger charge is -2.38. The molecule has 0 aromatic carbocycles. The van der Waals surface area contributed by atoms with E-state index in [0.29, 0.717) is 0 Å². The van der Waals surface area contributed by atoms with Crippen molar-refractivity contribution in [3.8, 4) is 0 Å². The number of rotatable bonds is 2. The van der Waals surface area contributed by atoms with E-state index in [0.717, 1.165) is 0 Å². The van der Waals surface area contributed by atoms with Gasteiger partial charge < -0.3 is 9.84 Å². The Kier molecular flexibility index (Phi) is 2.96. The molecule has 0 unspecified atom stereocenters. The first-order valence-corrected chi connectivity index (χ1v) is 6.30. The van der Waals surface area contributed by atoms with Crippen LogP contribution >= 0.6 is 0 Å². The molecule has 0 radical (unpaired) electrons. The molecule has 0 aromatic heterocycles. The van der Waals surface area contributed by atoms with Gasteiger partial charge in [0.25, 0.3) is 0 Å². The van der Waals surface area contributed by atoms with Gasteiger partial charge in [0.15, 0.2) is 0 Å². The van der Waals surface area contributed by atoms with Crippen molar-refractivity contribution in [1.82, 2.24) is 0 Å². The van der Waals surface area contributed by atoms with Crippen molar-refractivity contribution >= 4 is 5.97 Å². The average molecular weight is 262 g/mol. The molecule has 5 heteroatoms. The van der Waals surface area contributed by atoms with Crippen LogP contribution in [-0.4, -0.2) is 29.7 Å². The van der Waals surface area contributed by atoms with E-state index in [-0.39, 0.29) is 37.5 Å². The summed E-state index contributed by atoms with van der Waals surface area (Å²) in [6, 6.07) is 0. The van der Waals surface area contributed by atoms with Gasteiger partial charge in [-0.3, -0.25) is 4.79 Å². The average Bonchev–Trinajstić information content (AvgIpc) is 2.66. The van der Waals surface area contributed by atoms with E-state index in [1.54, 1.807) is 13.8 Å². The van der Waals surface area contributed by atoms with E-state index < -0.39 is 22.9 Å². The number of aliphatic hydroxyl groups is 1. The summed E-state index contributed by atoms with van der Waals surface area (Å²) in [4.78, 5) is 11.7. The molecule has 0 aromatic rings. The number of hydrogen-bond acceptors (Lipinski definition) is 3. The van der Waals surface area contributed by atoms with Gasteiger partial charge in [-0.25, -0.2) is 8.78 Å². The van der Waals surface area contributed by atoms with Crippen molar-refractivity contribution in [2.75, 3.05) is 7.11 Å². The maximum absolute atomic E-state index is 13.3. The second kappa shape index (κ2) is 3.89. The number of alkyl halides is 2. The van der Waals surface area contributed by atoms with E-state index in [4.69, 9.17) is 4.74 Å². The topological polar surface area (TPSA) is 46.5 Å². The minimum atomic E-state index is -2.61. The molecule has 0 heterocycles. The van der Waals surface area contributed by atoms with Gasteiger partial charge in [0.1, 0.15) is 0 Å². The highest BCUT2D eigenvalue weighted by Crippen LogP contribution is 2.58. The molecular weight excluding hydrogens is 242 g/mol. The standard InChI is InChI=1S/C13H20F2O3/c1-11(2,10(16)18-3)12(17)4-8-6-13(14,15)7-9(8)5-12/h8-9,17H,4-7H2,1-3H3/t8-,9+,12+. The SMILES string of the molecule is COC(=O)C(C)(C)[C@@]1(O)C[C@H]2CC(F)(F)C[C@H]2C1. The quantitative estimate of drug-likeness (QED) is 0.777. The first kappa shape index (κ1) is 13.7. The Hall–Kier alpha value is -0.710. The third kappa shape index (κ3) is 1.92. The Morgan fingerprint density at radius 3 is 2.06 bits per heavy atom. The smallest absolute Gasteiger partial charge is 0.314 e. The Morgan fingerprint density at radius 1 is 1.22 bits per heavy atom. The number of methoxy groups -OCH3 is 1. The van der Waals surface area contributed by atoms with Crippen LogP contribution in [0, 0.1) is 17.3 Å². The second-order valence-electron chi connectivity index (χ2n) is 6.34. The van der Waals surface area contributed by atoms with Crippen molar-refractivity contribution in [2.24, 2.45) is 17.3 Å². The third-order valence-corrected chi connectivity index (χ3v) is 4.85. The molecule has 3 atom stereocenters. The molecule has 2 fully saturated rings. The van der Waals surface area contributed by atoms with Crippen LogP contribution in [-0.2, 0) is 9.53 Å². The highest BCUT2D eigenvalue weighted by Gasteiger charge is 2.61. The highest BCUT2D eigenvalue weighted by molar-refractivity contribution is 5.77. The van der Waals surface area contributed by atoms with E-state index in [1.165, 1.54) is 7.11 Å². The van der Waals surface area contributed by atoms with Crippen molar-refractivity contribution in [2.45, 2.75) is 51.1 Å². The highest BCUT2D eigenvalue weighted by atomic mass is 19.3. The predicted octanol–water partition coefficient (Wildman–Crippen LogP) is 2.37. The molecule has 104 valence electrons. The Balaban J connectivity index is 2.16. The summed E-state index contributed by atoms with van der Waals surface area (Å²) in [5.74, 6) is -3.47. The lowest BCUT2D eigenvalue weighted by atomic mass is 9.72. The summed E-state index contributed by atoms with van der Waals surface area (Å²) < 4.78 is 31.2. The first-order valence-electron chi connectivity index (χ1n) is 6.30. The van der Waals surface area contributed by atoms with Crippen LogP contribution in [0.3, 0.4) is 0 Å². The van der Waals surface area contributed by atoms with Gasteiger partial charge in [-0.05, 0) is 38.5 Å². The number of hydrogen-bond donors (Lipinski definition) is 1. The van der Waals surface area contributed by atoms with Crippen LogP contribution in [0.25, 0.3) is 0 Å². The van der Waals surface area contributed by atoms with Crippen molar-refractivity contribution < 1.29 is 23.4 Å². The molecular formula is C13H20F2O3. The summed E-state index contributed by atoms with van der Waals surface area (Å²) in [5.41, 5.74) is -2.28. The Bertz CT molecular complexity index is 349. The Morgan fingerprint density at radius 2 is 1.67 bits per heavy atom. The zero-order valence-corrected chi connectivity index (χ0v) is 11.0. The van der Waals surface area contributed by atoms with Crippen LogP contribution in [0.1, 0.15) is 39.5 Å². The number of fused-ring (bicyclic) bond motifs is 1. The van der Waals surface area contributed by atoms with E-state index in [1.807, 2.05) is 0 Å². The second-order valence-corrected chi connectivity index (χ2v) is 6.34. The van der Waals surface area contributed by atoms with Gasteiger partial charge in [-0.2, -0.15) is 0 Å². The molecule has 18 heavy (non-hydrogen) atoms. The minimum absolute atomic E-state index is 0.169. The molecule has 1 N–H and O–H groups in total. The molecule has 0 aliphatic heterocycles. The van der Waals surface area contributed by atoms with Gasteiger partial charge in [0.2, 0.25) is 5.92 Å². The van der Waals surface area contributed by atoms with Crippen LogP contribution in [0.15, 0.2) is 0 Å².